The molecule has 19 heavy (non-hydrogen) atoms. The fraction of sp³-hybridized carbons (Fsp3) is 0.333. The van der Waals surface area contributed by atoms with Crippen molar-refractivity contribution < 1.29 is 13.9 Å². The quantitative estimate of drug-likeness (QED) is 0.868. The van der Waals surface area contributed by atoms with Crippen LogP contribution >= 0.6 is 0 Å². The molecule has 2 N–H and O–H groups in total. The van der Waals surface area contributed by atoms with Gasteiger partial charge in [0.25, 0.3) is 0 Å². The second kappa shape index (κ2) is 6.29. The molecule has 0 aliphatic carbocycles. The van der Waals surface area contributed by atoms with Crippen molar-refractivity contribution in [3.8, 4) is 11.5 Å². The molecule has 0 aliphatic heterocycles. The molecule has 1 heterocycles. The molecule has 2 aromatic rings. The van der Waals surface area contributed by atoms with E-state index in [1.165, 1.54) is 5.56 Å². The Morgan fingerprint density at radius 2 is 2.11 bits per heavy atom. The molecule has 2 rings (SSSR count). The molecule has 4 nitrogen and oxygen atoms in total. The van der Waals surface area contributed by atoms with Crippen molar-refractivity contribution in [2.45, 2.75) is 19.4 Å². The summed E-state index contributed by atoms with van der Waals surface area (Å²) in [6.07, 6.45) is 2.25. The zero-order valence-corrected chi connectivity index (χ0v) is 11.3. The number of benzene rings is 1. The van der Waals surface area contributed by atoms with Crippen molar-refractivity contribution in [2.24, 2.45) is 5.73 Å². The van der Waals surface area contributed by atoms with E-state index in [1.807, 2.05) is 30.3 Å². The van der Waals surface area contributed by atoms with Gasteiger partial charge in [0.1, 0.15) is 5.76 Å². The number of furan rings is 1. The number of ether oxygens (including phenoxy) is 2. The van der Waals surface area contributed by atoms with E-state index < -0.39 is 0 Å². The Labute approximate surface area is 113 Å². The minimum Gasteiger partial charge on any atom is -0.493 e. The normalized spacial score (nSPS) is 12.2. The van der Waals surface area contributed by atoms with Gasteiger partial charge in [-0.25, -0.2) is 0 Å². The van der Waals surface area contributed by atoms with Crippen molar-refractivity contribution in [3.05, 3.63) is 47.9 Å². The number of rotatable bonds is 6. The zero-order valence-electron chi connectivity index (χ0n) is 11.3. The first kappa shape index (κ1) is 13.5. The minimum absolute atomic E-state index is 0.309. The molecular weight excluding hydrogens is 242 g/mol. The molecule has 1 unspecified atom stereocenters. The molecule has 0 aliphatic rings. The smallest absolute Gasteiger partial charge is 0.168 e. The van der Waals surface area contributed by atoms with Crippen molar-refractivity contribution in [2.75, 3.05) is 13.7 Å². The van der Waals surface area contributed by atoms with E-state index in [0.29, 0.717) is 23.8 Å². The average Bonchev–Trinajstić information content (AvgIpc) is 2.98. The molecule has 102 valence electrons. The maximum Gasteiger partial charge on any atom is 0.168 e. The summed E-state index contributed by atoms with van der Waals surface area (Å²) in [6, 6.07) is 9.57. The van der Waals surface area contributed by atoms with Crippen LogP contribution in [0, 0.1) is 0 Å². The number of hydrogen-bond acceptors (Lipinski definition) is 4. The molecule has 1 aromatic heterocycles. The molecule has 0 bridgehead atoms. The van der Waals surface area contributed by atoms with Crippen molar-refractivity contribution in [1.29, 1.82) is 0 Å². The van der Waals surface area contributed by atoms with Crippen LogP contribution in [0.1, 0.15) is 24.4 Å². The van der Waals surface area contributed by atoms with Crippen LogP contribution in [0.3, 0.4) is 0 Å². The van der Waals surface area contributed by atoms with E-state index in [9.17, 15) is 0 Å². The molecule has 0 radical (unpaired) electrons. The molecule has 0 saturated heterocycles. The predicted octanol–water partition coefficient (Wildman–Crippen LogP) is 2.93. The predicted molar refractivity (Wildman–Crippen MR) is 73.5 cm³/mol. The first-order valence-corrected chi connectivity index (χ1v) is 6.35. The monoisotopic (exact) mass is 261 g/mol. The van der Waals surface area contributed by atoms with Crippen LogP contribution < -0.4 is 15.2 Å². The molecule has 1 atom stereocenters. The third-order valence-corrected chi connectivity index (χ3v) is 2.98. The van der Waals surface area contributed by atoms with Gasteiger partial charge in [0.05, 0.1) is 13.4 Å². The minimum atomic E-state index is -0.309. The standard InChI is InChI=1S/C15H19NO3/c1-3-11-6-7-13(14(9-11)17-2)19-15(10-16)12-5-4-8-18-12/h4-9,15H,3,10,16H2,1-2H3. The largest absolute Gasteiger partial charge is 0.493 e. The summed E-state index contributed by atoms with van der Waals surface area (Å²) < 4.78 is 16.6. The third-order valence-electron chi connectivity index (χ3n) is 2.98. The molecular formula is C15H19NO3. The maximum atomic E-state index is 5.89. The van der Waals surface area contributed by atoms with Crippen LogP contribution in [0.5, 0.6) is 11.5 Å². The SMILES string of the molecule is CCc1ccc(OC(CN)c2ccco2)c(OC)c1. The topological polar surface area (TPSA) is 57.6 Å². The molecule has 0 amide bonds. The van der Waals surface area contributed by atoms with E-state index >= 15 is 0 Å². The van der Waals surface area contributed by atoms with Gasteiger partial charge in [0, 0.05) is 6.54 Å². The van der Waals surface area contributed by atoms with Crippen LogP contribution in [0.4, 0.5) is 0 Å². The Morgan fingerprint density at radius 3 is 2.68 bits per heavy atom. The van der Waals surface area contributed by atoms with Crippen molar-refractivity contribution >= 4 is 0 Å². The van der Waals surface area contributed by atoms with E-state index in [-0.39, 0.29) is 6.10 Å². The average molecular weight is 261 g/mol. The van der Waals surface area contributed by atoms with Crippen LogP contribution in [-0.2, 0) is 6.42 Å². The van der Waals surface area contributed by atoms with Crippen molar-refractivity contribution in [3.63, 3.8) is 0 Å². The second-order valence-corrected chi connectivity index (χ2v) is 4.20. The highest BCUT2D eigenvalue weighted by Gasteiger charge is 2.16. The van der Waals surface area contributed by atoms with Crippen LogP contribution in [0.25, 0.3) is 0 Å². The first-order chi connectivity index (χ1) is 9.28. The second-order valence-electron chi connectivity index (χ2n) is 4.20. The lowest BCUT2D eigenvalue weighted by Gasteiger charge is -2.17. The van der Waals surface area contributed by atoms with Crippen molar-refractivity contribution in [1.82, 2.24) is 0 Å². The molecule has 4 heteroatoms. The lowest BCUT2D eigenvalue weighted by Crippen LogP contribution is -2.18. The Morgan fingerprint density at radius 1 is 1.26 bits per heavy atom. The lowest BCUT2D eigenvalue weighted by atomic mass is 10.1. The van der Waals surface area contributed by atoms with Gasteiger partial charge in [-0.3, -0.25) is 0 Å². The highest BCUT2D eigenvalue weighted by atomic mass is 16.5. The lowest BCUT2D eigenvalue weighted by molar-refractivity contribution is 0.177. The molecule has 0 spiro atoms. The zero-order chi connectivity index (χ0) is 13.7. The molecule has 0 fully saturated rings. The van der Waals surface area contributed by atoms with Crippen LogP contribution in [0.15, 0.2) is 41.0 Å². The Balaban J connectivity index is 2.22. The maximum absolute atomic E-state index is 5.89. The first-order valence-electron chi connectivity index (χ1n) is 6.35. The van der Waals surface area contributed by atoms with Crippen LogP contribution in [0.2, 0.25) is 0 Å². The van der Waals surface area contributed by atoms with Crippen LogP contribution in [-0.4, -0.2) is 13.7 Å². The van der Waals surface area contributed by atoms with Gasteiger partial charge >= 0.3 is 0 Å². The summed E-state index contributed by atoms with van der Waals surface area (Å²) in [5, 5.41) is 0. The van der Waals surface area contributed by atoms with Gasteiger partial charge in [-0.05, 0) is 36.2 Å². The van der Waals surface area contributed by atoms with E-state index in [4.69, 9.17) is 19.6 Å². The third kappa shape index (κ3) is 3.09. The summed E-state index contributed by atoms with van der Waals surface area (Å²) >= 11 is 0. The summed E-state index contributed by atoms with van der Waals surface area (Å²) in [6.45, 7) is 2.44. The van der Waals surface area contributed by atoms with E-state index in [1.54, 1.807) is 13.4 Å². The Bertz CT molecular complexity index is 508. The number of aryl methyl sites for hydroxylation is 1. The fourth-order valence-corrected chi connectivity index (χ4v) is 1.88. The fourth-order valence-electron chi connectivity index (χ4n) is 1.88. The Hall–Kier alpha value is -1.94. The molecule has 1 aromatic carbocycles. The number of methoxy groups -OCH3 is 1. The summed E-state index contributed by atoms with van der Waals surface area (Å²) in [4.78, 5) is 0. The highest BCUT2D eigenvalue weighted by Crippen LogP contribution is 2.32. The Kier molecular flexibility index (Phi) is 4.47. The van der Waals surface area contributed by atoms with Gasteiger partial charge in [0.15, 0.2) is 17.6 Å². The summed E-state index contributed by atoms with van der Waals surface area (Å²) in [5.41, 5.74) is 6.93. The summed E-state index contributed by atoms with van der Waals surface area (Å²) in [5.74, 6) is 2.10. The van der Waals surface area contributed by atoms with Gasteiger partial charge in [-0.1, -0.05) is 13.0 Å². The summed E-state index contributed by atoms with van der Waals surface area (Å²) in [7, 11) is 1.63. The van der Waals surface area contributed by atoms with Gasteiger partial charge in [0.2, 0.25) is 0 Å². The van der Waals surface area contributed by atoms with E-state index in [0.717, 1.165) is 6.42 Å². The molecule has 0 saturated carbocycles. The van der Waals surface area contributed by atoms with Gasteiger partial charge in [-0.15, -0.1) is 0 Å². The highest BCUT2D eigenvalue weighted by molar-refractivity contribution is 5.43. The number of hydrogen-bond donors (Lipinski definition) is 1. The van der Waals surface area contributed by atoms with Gasteiger partial charge < -0.3 is 19.6 Å². The number of nitrogens with two attached hydrogens (primary N) is 1. The van der Waals surface area contributed by atoms with Gasteiger partial charge in [-0.2, -0.15) is 0 Å². The van der Waals surface area contributed by atoms with E-state index in [2.05, 4.69) is 6.92 Å².